The Kier molecular flexibility index (Phi) is 6.60. The minimum Gasteiger partial charge on any atom is -0.485 e. The van der Waals surface area contributed by atoms with Gasteiger partial charge in [-0.1, -0.05) is 36.4 Å². The monoisotopic (exact) mass is 468 g/mol. The van der Waals surface area contributed by atoms with Crippen LogP contribution in [0.15, 0.2) is 82.0 Å². The Labute approximate surface area is 206 Å². The van der Waals surface area contributed by atoms with Crippen LogP contribution in [0, 0.1) is 6.92 Å². The van der Waals surface area contributed by atoms with E-state index in [1.54, 1.807) is 6.07 Å². The van der Waals surface area contributed by atoms with Gasteiger partial charge in [-0.2, -0.15) is 0 Å². The van der Waals surface area contributed by atoms with E-state index in [0.29, 0.717) is 35.1 Å². The lowest BCUT2D eigenvalue weighted by Crippen LogP contribution is -2.41. The first-order chi connectivity index (χ1) is 17.0. The van der Waals surface area contributed by atoms with Gasteiger partial charge >= 0.3 is 0 Å². The molecule has 3 aromatic carbocycles. The maximum atomic E-state index is 13.0. The van der Waals surface area contributed by atoms with Crippen molar-refractivity contribution >= 4 is 16.7 Å². The molecule has 0 unspecified atom stereocenters. The van der Waals surface area contributed by atoms with Crippen molar-refractivity contribution in [3.8, 4) is 17.1 Å². The molecule has 0 amide bonds. The van der Waals surface area contributed by atoms with E-state index in [-0.39, 0.29) is 5.43 Å². The van der Waals surface area contributed by atoms with Gasteiger partial charge in [0.25, 0.3) is 0 Å². The van der Waals surface area contributed by atoms with Crippen LogP contribution in [-0.2, 0) is 6.61 Å². The lowest BCUT2D eigenvalue weighted by Gasteiger charge is -2.36. The Balaban J connectivity index is 1.42. The summed E-state index contributed by atoms with van der Waals surface area (Å²) >= 11 is 0. The highest BCUT2D eigenvalue weighted by Crippen LogP contribution is 2.33. The molecule has 180 valence electrons. The second-order valence-corrected chi connectivity index (χ2v) is 9.57. The van der Waals surface area contributed by atoms with Crippen molar-refractivity contribution in [3.05, 3.63) is 94.1 Å². The van der Waals surface area contributed by atoms with Crippen LogP contribution in [0.1, 0.15) is 24.0 Å². The van der Waals surface area contributed by atoms with Crippen molar-refractivity contribution in [1.29, 1.82) is 0 Å². The second kappa shape index (κ2) is 9.96. The number of rotatable bonds is 6. The van der Waals surface area contributed by atoms with E-state index in [1.165, 1.54) is 18.5 Å². The third kappa shape index (κ3) is 4.96. The second-order valence-electron chi connectivity index (χ2n) is 9.57. The normalized spacial score (nSPS) is 14.6. The topological polar surface area (TPSA) is 45.9 Å². The Bertz CT molecular complexity index is 1350. The van der Waals surface area contributed by atoms with E-state index in [1.807, 2.05) is 61.5 Å². The van der Waals surface area contributed by atoms with Gasteiger partial charge in [0, 0.05) is 36.4 Å². The van der Waals surface area contributed by atoms with E-state index in [0.717, 1.165) is 29.8 Å². The van der Waals surface area contributed by atoms with E-state index in [4.69, 9.17) is 9.15 Å². The molecular formula is C30H32N2O3. The molecule has 1 aliphatic rings. The molecule has 5 rings (SSSR count). The minimum atomic E-state index is -0.0688. The van der Waals surface area contributed by atoms with Gasteiger partial charge in [-0.05, 0) is 75.3 Å². The molecule has 5 heteroatoms. The summed E-state index contributed by atoms with van der Waals surface area (Å²) in [6, 6.07) is 24.3. The number of fused-ring (bicyclic) bond motifs is 1. The van der Waals surface area contributed by atoms with Gasteiger partial charge in [-0.25, -0.2) is 0 Å². The minimum absolute atomic E-state index is 0.0688. The molecule has 0 radical (unpaired) electrons. The first-order valence-corrected chi connectivity index (χ1v) is 12.3. The van der Waals surface area contributed by atoms with Crippen molar-refractivity contribution in [2.24, 2.45) is 0 Å². The van der Waals surface area contributed by atoms with Gasteiger partial charge in [-0.15, -0.1) is 0 Å². The fraction of sp³-hybridized carbons (Fsp3) is 0.300. The first-order valence-electron chi connectivity index (χ1n) is 12.3. The number of anilines is 1. The van der Waals surface area contributed by atoms with Gasteiger partial charge in [0.2, 0.25) is 0 Å². The van der Waals surface area contributed by atoms with Crippen LogP contribution in [0.2, 0.25) is 0 Å². The molecule has 0 N–H and O–H groups in total. The number of hydrogen-bond acceptors (Lipinski definition) is 5. The maximum absolute atomic E-state index is 13.0. The van der Waals surface area contributed by atoms with E-state index in [2.05, 4.69) is 36.0 Å². The van der Waals surface area contributed by atoms with Crippen molar-refractivity contribution in [2.75, 3.05) is 32.1 Å². The summed E-state index contributed by atoms with van der Waals surface area (Å²) < 4.78 is 12.5. The fourth-order valence-corrected chi connectivity index (χ4v) is 4.82. The molecule has 1 aromatic heterocycles. The number of nitrogens with zero attached hydrogens (tertiary/aromatic N) is 2. The predicted octanol–water partition coefficient (Wildman–Crippen LogP) is 5.88. The predicted molar refractivity (Wildman–Crippen MR) is 142 cm³/mol. The van der Waals surface area contributed by atoms with Gasteiger partial charge in [0.1, 0.15) is 12.4 Å². The molecule has 1 fully saturated rings. The Hall–Kier alpha value is -3.57. The summed E-state index contributed by atoms with van der Waals surface area (Å²) in [6.07, 6.45) is 2.33. The average Bonchev–Trinajstić information content (AvgIpc) is 2.89. The summed E-state index contributed by atoms with van der Waals surface area (Å²) in [4.78, 5) is 17.7. The molecule has 0 saturated carbocycles. The molecule has 1 aliphatic heterocycles. The van der Waals surface area contributed by atoms with Gasteiger partial charge in [-0.3, -0.25) is 4.79 Å². The third-order valence-electron chi connectivity index (χ3n) is 6.99. The lowest BCUT2D eigenvalue weighted by molar-refractivity contribution is 0.249. The molecule has 1 saturated heterocycles. The highest BCUT2D eigenvalue weighted by Gasteiger charge is 2.21. The highest BCUT2D eigenvalue weighted by atomic mass is 16.5. The van der Waals surface area contributed by atoms with Gasteiger partial charge < -0.3 is 19.0 Å². The van der Waals surface area contributed by atoms with Crippen molar-refractivity contribution < 1.29 is 9.15 Å². The molecule has 2 heterocycles. The summed E-state index contributed by atoms with van der Waals surface area (Å²) in [5, 5.41) is 0.530. The van der Waals surface area contributed by atoms with Crippen LogP contribution in [-0.4, -0.2) is 38.1 Å². The van der Waals surface area contributed by atoms with Crippen LogP contribution in [0.3, 0.4) is 0 Å². The van der Waals surface area contributed by atoms with Crippen LogP contribution in [0.25, 0.3) is 22.3 Å². The van der Waals surface area contributed by atoms with E-state index >= 15 is 0 Å². The Morgan fingerprint density at radius 1 is 0.971 bits per heavy atom. The fourth-order valence-electron chi connectivity index (χ4n) is 4.82. The zero-order valence-electron chi connectivity index (χ0n) is 20.7. The largest absolute Gasteiger partial charge is 0.485 e. The van der Waals surface area contributed by atoms with Gasteiger partial charge in [0.05, 0.1) is 5.39 Å². The van der Waals surface area contributed by atoms with E-state index in [9.17, 15) is 4.79 Å². The third-order valence-corrected chi connectivity index (χ3v) is 6.99. The van der Waals surface area contributed by atoms with Crippen LogP contribution < -0.4 is 15.1 Å². The Morgan fingerprint density at radius 2 is 1.69 bits per heavy atom. The lowest BCUT2D eigenvalue weighted by atomic mass is 10.0. The standard InChI is InChI=1S/C30H32N2O3/c1-21-9-14-26-27(33)19-28(35-30(26)29(21)34-20-22-7-5-4-6-8-22)23-10-12-25(13-11-23)32-17-15-24(16-18-32)31(2)3/h4-14,19,24H,15-18,20H2,1-3H3. The molecule has 4 aromatic rings. The molecular weight excluding hydrogens is 436 g/mol. The zero-order valence-corrected chi connectivity index (χ0v) is 20.7. The molecule has 0 bridgehead atoms. The van der Waals surface area contributed by atoms with Gasteiger partial charge in [0.15, 0.2) is 16.8 Å². The summed E-state index contributed by atoms with van der Waals surface area (Å²) in [5.41, 5.74) is 4.51. The summed E-state index contributed by atoms with van der Waals surface area (Å²) in [7, 11) is 4.32. The molecule has 0 aliphatic carbocycles. The van der Waals surface area contributed by atoms with Crippen LogP contribution in [0.4, 0.5) is 5.69 Å². The molecule has 35 heavy (non-hydrogen) atoms. The van der Waals surface area contributed by atoms with Crippen molar-refractivity contribution in [1.82, 2.24) is 4.90 Å². The molecule has 0 spiro atoms. The summed E-state index contributed by atoms with van der Waals surface area (Å²) in [6.45, 7) is 4.48. The first kappa shape index (κ1) is 23.2. The van der Waals surface area contributed by atoms with Crippen molar-refractivity contribution in [2.45, 2.75) is 32.4 Å². The number of benzene rings is 3. The molecule has 0 atom stereocenters. The average molecular weight is 469 g/mol. The quantitative estimate of drug-likeness (QED) is 0.354. The number of aryl methyl sites for hydroxylation is 1. The number of ether oxygens (including phenoxy) is 1. The number of hydrogen-bond donors (Lipinski definition) is 0. The smallest absolute Gasteiger partial charge is 0.193 e. The Morgan fingerprint density at radius 3 is 2.37 bits per heavy atom. The number of piperidine rings is 1. The van der Waals surface area contributed by atoms with Crippen LogP contribution >= 0.6 is 0 Å². The zero-order chi connectivity index (χ0) is 24.4. The summed E-state index contributed by atoms with van der Waals surface area (Å²) in [5.74, 6) is 1.17. The maximum Gasteiger partial charge on any atom is 0.193 e. The van der Waals surface area contributed by atoms with Crippen molar-refractivity contribution in [3.63, 3.8) is 0 Å². The van der Waals surface area contributed by atoms with E-state index < -0.39 is 0 Å². The SMILES string of the molecule is Cc1ccc2c(=O)cc(-c3ccc(N4CCC(N(C)C)CC4)cc3)oc2c1OCc1ccccc1. The highest BCUT2D eigenvalue weighted by molar-refractivity contribution is 5.85. The van der Waals surface area contributed by atoms with Crippen LogP contribution in [0.5, 0.6) is 5.75 Å². The molecule has 5 nitrogen and oxygen atoms in total.